The molecule has 7 aromatic rings. The van der Waals surface area contributed by atoms with Crippen LogP contribution in [0, 0.1) is 0 Å². The first kappa shape index (κ1) is 19.6. The normalized spacial score (nSPS) is 11.4. The van der Waals surface area contributed by atoms with E-state index < -0.39 is 0 Å². The molecular formula is C31H20N4. The molecule has 4 nitrogen and oxygen atoms in total. The second-order valence-corrected chi connectivity index (χ2v) is 8.57. The summed E-state index contributed by atoms with van der Waals surface area (Å²) in [5.41, 5.74) is 5.72. The number of fused-ring (bicyclic) bond motifs is 3. The standard InChI is InChI=1S/C31H20N4/c1-2-12-24(13-3-1)35-28-17-9-8-16-27(28)33-31(35)29-25-14-6-7-15-26(25)32-30(34-29)23-19-18-21-10-4-5-11-22(21)20-23/h1-20H. The van der Waals surface area contributed by atoms with Gasteiger partial charge in [0.05, 0.1) is 16.6 Å². The maximum atomic E-state index is 5.14. The zero-order valence-electron chi connectivity index (χ0n) is 18.8. The predicted molar refractivity (Wildman–Crippen MR) is 143 cm³/mol. The molecule has 0 saturated heterocycles. The summed E-state index contributed by atoms with van der Waals surface area (Å²) in [6.45, 7) is 0. The Labute approximate surface area is 202 Å². The van der Waals surface area contributed by atoms with Crippen LogP contribution in [0.4, 0.5) is 0 Å². The Morgan fingerprint density at radius 1 is 0.514 bits per heavy atom. The van der Waals surface area contributed by atoms with Gasteiger partial charge in [-0.25, -0.2) is 15.0 Å². The molecule has 0 aliphatic carbocycles. The SMILES string of the molecule is c1ccc(-n2c(-c3nc(-c4ccc5ccccc5c4)nc4ccccc34)nc3ccccc32)cc1. The predicted octanol–water partition coefficient (Wildman–Crippen LogP) is 7.46. The van der Waals surface area contributed by atoms with E-state index in [1.807, 2.05) is 54.6 Å². The average Bonchev–Trinajstić information content (AvgIpc) is 3.32. The van der Waals surface area contributed by atoms with Gasteiger partial charge in [0, 0.05) is 16.6 Å². The minimum Gasteiger partial charge on any atom is -0.291 e. The Kier molecular flexibility index (Phi) is 4.42. The second-order valence-electron chi connectivity index (χ2n) is 8.57. The van der Waals surface area contributed by atoms with Crippen LogP contribution in [0.1, 0.15) is 0 Å². The van der Waals surface area contributed by atoms with E-state index in [-0.39, 0.29) is 0 Å². The van der Waals surface area contributed by atoms with Gasteiger partial charge in [-0.2, -0.15) is 0 Å². The summed E-state index contributed by atoms with van der Waals surface area (Å²) in [5, 5.41) is 3.34. The molecule has 0 amide bonds. The van der Waals surface area contributed by atoms with Crippen molar-refractivity contribution in [3.05, 3.63) is 121 Å². The summed E-state index contributed by atoms with van der Waals surface area (Å²) in [4.78, 5) is 15.1. The maximum absolute atomic E-state index is 5.14. The highest BCUT2D eigenvalue weighted by molar-refractivity contribution is 5.95. The van der Waals surface area contributed by atoms with Gasteiger partial charge >= 0.3 is 0 Å². The molecule has 0 N–H and O–H groups in total. The van der Waals surface area contributed by atoms with E-state index in [9.17, 15) is 0 Å². The third-order valence-corrected chi connectivity index (χ3v) is 6.40. The lowest BCUT2D eigenvalue weighted by molar-refractivity contribution is 1.08. The topological polar surface area (TPSA) is 43.6 Å². The second kappa shape index (κ2) is 7.89. The van der Waals surface area contributed by atoms with Crippen molar-refractivity contribution in [2.45, 2.75) is 0 Å². The third kappa shape index (κ3) is 3.27. The van der Waals surface area contributed by atoms with Crippen LogP contribution in [0.2, 0.25) is 0 Å². The molecule has 4 heteroatoms. The number of aromatic nitrogens is 4. The molecular weight excluding hydrogens is 428 g/mol. The van der Waals surface area contributed by atoms with Crippen molar-refractivity contribution >= 4 is 32.7 Å². The van der Waals surface area contributed by atoms with E-state index in [0.717, 1.165) is 44.7 Å². The molecule has 0 saturated carbocycles. The summed E-state index contributed by atoms with van der Waals surface area (Å²) >= 11 is 0. The molecule has 0 radical (unpaired) electrons. The molecule has 35 heavy (non-hydrogen) atoms. The lowest BCUT2D eigenvalue weighted by Gasteiger charge is -2.12. The Morgan fingerprint density at radius 3 is 2.11 bits per heavy atom. The first-order valence-corrected chi connectivity index (χ1v) is 11.6. The fourth-order valence-electron chi connectivity index (χ4n) is 4.73. The largest absolute Gasteiger partial charge is 0.291 e. The van der Waals surface area contributed by atoms with Crippen molar-refractivity contribution in [1.82, 2.24) is 19.5 Å². The van der Waals surface area contributed by atoms with Crippen LogP contribution in [-0.4, -0.2) is 19.5 Å². The van der Waals surface area contributed by atoms with Crippen LogP contribution >= 0.6 is 0 Å². The highest BCUT2D eigenvalue weighted by Crippen LogP contribution is 2.33. The van der Waals surface area contributed by atoms with Crippen LogP contribution in [0.3, 0.4) is 0 Å². The number of benzene rings is 5. The van der Waals surface area contributed by atoms with Gasteiger partial charge < -0.3 is 0 Å². The lowest BCUT2D eigenvalue weighted by atomic mass is 10.1. The van der Waals surface area contributed by atoms with Gasteiger partial charge in [-0.1, -0.05) is 84.9 Å². The zero-order valence-corrected chi connectivity index (χ0v) is 18.8. The smallest absolute Gasteiger partial charge is 0.165 e. The van der Waals surface area contributed by atoms with Gasteiger partial charge in [0.1, 0.15) is 5.69 Å². The molecule has 5 aromatic carbocycles. The van der Waals surface area contributed by atoms with E-state index in [4.69, 9.17) is 15.0 Å². The van der Waals surface area contributed by atoms with Crippen LogP contribution < -0.4 is 0 Å². The van der Waals surface area contributed by atoms with E-state index in [0.29, 0.717) is 5.82 Å². The summed E-state index contributed by atoms with van der Waals surface area (Å²) in [7, 11) is 0. The van der Waals surface area contributed by atoms with Crippen LogP contribution in [0.5, 0.6) is 0 Å². The molecule has 164 valence electrons. The fourth-order valence-corrected chi connectivity index (χ4v) is 4.73. The van der Waals surface area contributed by atoms with E-state index in [2.05, 4.69) is 71.3 Å². The van der Waals surface area contributed by atoms with Crippen LogP contribution in [0.25, 0.3) is 61.3 Å². The minimum atomic E-state index is 0.691. The van der Waals surface area contributed by atoms with E-state index >= 15 is 0 Å². The number of para-hydroxylation sites is 4. The summed E-state index contributed by atoms with van der Waals surface area (Å²) in [6.07, 6.45) is 0. The van der Waals surface area contributed by atoms with Gasteiger partial charge in [-0.05, 0) is 47.2 Å². The Hall–Kier alpha value is -4.83. The molecule has 7 rings (SSSR count). The molecule has 0 bridgehead atoms. The monoisotopic (exact) mass is 448 g/mol. The number of imidazole rings is 1. The van der Waals surface area contributed by atoms with Crippen molar-refractivity contribution < 1.29 is 0 Å². The summed E-state index contributed by atoms with van der Waals surface area (Å²) < 4.78 is 2.19. The van der Waals surface area contributed by atoms with Crippen LogP contribution in [-0.2, 0) is 0 Å². The van der Waals surface area contributed by atoms with Crippen molar-refractivity contribution in [2.75, 3.05) is 0 Å². The Bertz CT molecular complexity index is 1850. The highest BCUT2D eigenvalue weighted by Gasteiger charge is 2.19. The lowest BCUT2D eigenvalue weighted by Crippen LogP contribution is -2.02. The average molecular weight is 449 g/mol. The molecule has 2 heterocycles. The molecule has 0 atom stereocenters. The van der Waals surface area contributed by atoms with E-state index in [1.165, 1.54) is 10.8 Å². The molecule has 0 spiro atoms. The molecule has 2 aromatic heterocycles. The highest BCUT2D eigenvalue weighted by atomic mass is 15.1. The first-order valence-electron chi connectivity index (χ1n) is 11.6. The van der Waals surface area contributed by atoms with Crippen molar-refractivity contribution in [1.29, 1.82) is 0 Å². The van der Waals surface area contributed by atoms with Crippen LogP contribution in [0.15, 0.2) is 121 Å². The number of hydrogen-bond acceptors (Lipinski definition) is 3. The quantitative estimate of drug-likeness (QED) is 0.282. The molecule has 0 fully saturated rings. The minimum absolute atomic E-state index is 0.691. The molecule has 0 unspecified atom stereocenters. The van der Waals surface area contributed by atoms with Gasteiger partial charge in [-0.15, -0.1) is 0 Å². The van der Waals surface area contributed by atoms with Gasteiger partial charge in [0.15, 0.2) is 11.6 Å². The van der Waals surface area contributed by atoms with Gasteiger partial charge in [-0.3, -0.25) is 4.57 Å². The summed E-state index contributed by atoms with van der Waals surface area (Å²) in [5.74, 6) is 1.49. The summed E-state index contributed by atoms with van der Waals surface area (Å²) in [6, 6.07) is 41.4. The molecule has 0 aliphatic heterocycles. The Balaban J connectivity index is 1.54. The van der Waals surface area contributed by atoms with Crippen molar-refractivity contribution in [3.8, 4) is 28.6 Å². The maximum Gasteiger partial charge on any atom is 0.165 e. The zero-order chi connectivity index (χ0) is 23.2. The van der Waals surface area contributed by atoms with Gasteiger partial charge in [0.2, 0.25) is 0 Å². The molecule has 0 aliphatic rings. The van der Waals surface area contributed by atoms with Crippen molar-refractivity contribution in [3.63, 3.8) is 0 Å². The Morgan fingerprint density at radius 2 is 1.23 bits per heavy atom. The third-order valence-electron chi connectivity index (χ3n) is 6.40. The first-order chi connectivity index (χ1) is 17.3. The van der Waals surface area contributed by atoms with E-state index in [1.54, 1.807) is 0 Å². The number of hydrogen-bond donors (Lipinski definition) is 0. The number of rotatable bonds is 3. The number of nitrogens with zero attached hydrogens (tertiary/aromatic N) is 4. The van der Waals surface area contributed by atoms with Gasteiger partial charge in [0.25, 0.3) is 0 Å². The fraction of sp³-hybridized carbons (Fsp3) is 0. The van der Waals surface area contributed by atoms with Crippen molar-refractivity contribution in [2.24, 2.45) is 0 Å².